The van der Waals surface area contributed by atoms with Gasteiger partial charge in [0.15, 0.2) is 0 Å². The summed E-state index contributed by atoms with van der Waals surface area (Å²) in [5.74, 6) is -0.534. The maximum atomic E-state index is 13.6. The van der Waals surface area contributed by atoms with E-state index in [0.717, 1.165) is 74.9 Å². The molecule has 5 amide bonds. The monoisotopic (exact) mass is 805 g/mol. The first-order valence-corrected chi connectivity index (χ1v) is 20.7. The van der Waals surface area contributed by atoms with Crippen molar-refractivity contribution in [3.05, 3.63) is 87.9 Å². The average molecular weight is 806 g/mol. The average Bonchev–Trinajstić information content (AvgIpc) is 3.47. The molecule has 3 aromatic carbocycles. The smallest absolute Gasteiger partial charge is 0.262 e. The second-order valence-electron chi connectivity index (χ2n) is 16.4. The Hall–Kier alpha value is -5.45. The van der Waals surface area contributed by atoms with Gasteiger partial charge in [0.2, 0.25) is 11.8 Å². The molecule has 0 aromatic heterocycles. The molecule has 14 heteroatoms. The molecule has 0 spiro atoms. The number of nitrogens with zero attached hydrogens (tertiary/aromatic N) is 6. The number of benzene rings is 3. The highest BCUT2D eigenvalue weighted by atomic mass is 35.5. The molecule has 5 aliphatic heterocycles. The SMILES string of the molecule is CC1CN(C(=O)c2ccc(N3CCN(CC4CCN(c5ccc6c(c5)C(=O)N(C5CCC(=O)NC5=O)C6=O)CC4)CC3)cc2)CC(C)C1Oc1ccc(C#N)c(Cl)c1. The molecule has 4 saturated heterocycles. The van der Waals surface area contributed by atoms with Gasteiger partial charge >= 0.3 is 0 Å². The molecule has 5 heterocycles. The van der Waals surface area contributed by atoms with Crippen molar-refractivity contribution in [1.29, 1.82) is 5.26 Å². The van der Waals surface area contributed by atoms with Crippen LogP contribution >= 0.6 is 11.6 Å². The Bertz CT molecular complexity index is 2150. The Morgan fingerprint density at radius 2 is 1.47 bits per heavy atom. The van der Waals surface area contributed by atoms with Gasteiger partial charge in [-0.05, 0) is 79.8 Å². The zero-order chi connectivity index (χ0) is 40.7. The summed E-state index contributed by atoms with van der Waals surface area (Å²) >= 11 is 6.23. The van der Waals surface area contributed by atoms with Gasteiger partial charge in [-0.15, -0.1) is 0 Å². The molecule has 0 saturated carbocycles. The van der Waals surface area contributed by atoms with Crippen molar-refractivity contribution in [2.45, 2.75) is 51.7 Å². The summed E-state index contributed by atoms with van der Waals surface area (Å²) in [6.07, 6.45) is 2.20. The van der Waals surface area contributed by atoms with Crippen molar-refractivity contribution in [2.24, 2.45) is 17.8 Å². The highest BCUT2D eigenvalue weighted by molar-refractivity contribution is 6.31. The second kappa shape index (κ2) is 16.4. The van der Waals surface area contributed by atoms with E-state index in [4.69, 9.17) is 16.3 Å². The fourth-order valence-electron chi connectivity index (χ4n) is 9.33. The Morgan fingerprint density at radius 3 is 2.12 bits per heavy atom. The van der Waals surface area contributed by atoms with Crippen LogP contribution in [-0.4, -0.2) is 115 Å². The number of ether oxygens (including phenoxy) is 1. The molecule has 1 N–H and O–H groups in total. The summed E-state index contributed by atoms with van der Waals surface area (Å²) < 4.78 is 6.31. The third-order valence-corrected chi connectivity index (χ3v) is 12.8. The van der Waals surface area contributed by atoms with Crippen LogP contribution in [0.4, 0.5) is 11.4 Å². The van der Waals surface area contributed by atoms with Crippen molar-refractivity contribution in [3.8, 4) is 11.8 Å². The number of rotatable bonds is 8. The van der Waals surface area contributed by atoms with Gasteiger partial charge in [-0.1, -0.05) is 25.4 Å². The molecule has 0 bridgehead atoms. The Kier molecular flexibility index (Phi) is 11.2. The van der Waals surface area contributed by atoms with Gasteiger partial charge in [0.25, 0.3) is 17.7 Å². The number of halogens is 1. The third-order valence-electron chi connectivity index (χ3n) is 12.5. The van der Waals surface area contributed by atoms with E-state index in [1.165, 1.54) is 0 Å². The highest BCUT2D eigenvalue weighted by Gasteiger charge is 2.45. The highest BCUT2D eigenvalue weighted by Crippen LogP contribution is 2.34. The summed E-state index contributed by atoms with van der Waals surface area (Å²) in [6, 6.07) is 19.6. The van der Waals surface area contributed by atoms with Crippen LogP contribution in [0.2, 0.25) is 5.02 Å². The fourth-order valence-corrected chi connectivity index (χ4v) is 9.55. The van der Waals surface area contributed by atoms with Crippen LogP contribution in [0, 0.1) is 29.1 Å². The van der Waals surface area contributed by atoms with E-state index in [-0.39, 0.29) is 36.7 Å². The topological polar surface area (TPSA) is 147 Å². The number of piperidine rings is 3. The standard InChI is InChI=1S/C44H48ClN7O6/c1-27-24-51(25-28(2)40(27)58-34-9-5-31(23-46)37(45)22-34)42(55)30-3-6-32(7-4-30)50-19-17-48(18-20-50)26-29-13-15-49(16-14-29)33-8-10-35-36(21-33)44(57)52(43(35)56)38-11-12-39(53)47-41(38)54/h3-10,21-22,27-29,38,40H,11-20,24-26H2,1-2H3,(H,47,53,54). The minimum Gasteiger partial charge on any atom is -0.490 e. The number of nitrogens with one attached hydrogen (secondary N) is 1. The molecule has 0 aliphatic carbocycles. The van der Waals surface area contributed by atoms with Crippen molar-refractivity contribution in [3.63, 3.8) is 0 Å². The fraction of sp³-hybridized carbons (Fsp3) is 0.455. The first-order chi connectivity index (χ1) is 28.0. The summed E-state index contributed by atoms with van der Waals surface area (Å²) in [5.41, 5.74) is 3.72. The molecular weight excluding hydrogens is 758 g/mol. The number of fused-ring (bicyclic) bond motifs is 1. The number of imide groups is 2. The number of amides is 5. The summed E-state index contributed by atoms with van der Waals surface area (Å²) in [6.45, 7) is 11.9. The molecule has 302 valence electrons. The molecule has 3 aromatic rings. The number of piperazine rings is 1. The van der Waals surface area contributed by atoms with Crippen molar-refractivity contribution in [2.75, 3.05) is 68.7 Å². The molecular formula is C44H48ClN7O6. The van der Waals surface area contributed by atoms with Crippen LogP contribution in [0.25, 0.3) is 0 Å². The Morgan fingerprint density at radius 1 is 0.810 bits per heavy atom. The lowest BCUT2D eigenvalue weighted by atomic mass is 9.87. The van der Waals surface area contributed by atoms with E-state index < -0.39 is 29.7 Å². The van der Waals surface area contributed by atoms with E-state index in [1.54, 1.807) is 30.3 Å². The summed E-state index contributed by atoms with van der Waals surface area (Å²) in [7, 11) is 0. The van der Waals surface area contributed by atoms with Gasteiger partial charge in [-0.25, -0.2) is 0 Å². The minimum absolute atomic E-state index is 0.0252. The maximum Gasteiger partial charge on any atom is 0.262 e. The Balaban J connectivity index is 0.784. The van der Waals surface area contributed by atoms with Crippen LogP contribution in [0.1, 0.15) is 76.2 Å². The van der Waals surface area contributed by atoms with Gasteiger partial charge < -0.3 is 19.4 Å². The maximum absolute atomic E-state index is 13.6. The first-order valence-electron chi connectivity index (χ1n) is 20.3. The van der Waals surface area contributed by atoms with Gasteiger partial charge in [0, 0.05) is 100 Å². The number of hydrogen-bond acceptors (Lipinski definition) is 10. The minimum atomic E-state index is -0.970. The van der Waals surface area contributed by atoms with Crippen LogP contribution < -0.4 is 19.9 Å². The lowest BCUT2D eigenvalue weighted by molar-refractivity contribution is -0.136. The lowest BCUT2D eigenvalue weighted by Crippen LogP contribution is -2.54. The van der Waals surface area contributed by atoms with Crippen LogP contribution in [-0.2, 0) is 9.59 Å². The second-order valence-corrected chi connectivity index (χ2v) is 16.8. The van der Waals surface area contributed by atoms with Gasteiger partial charge in [0.1, 0.15) is 24.0 Å². The van der Waals surface area contributed by atoms with E-state index in [1.807, 2.05) is 23.1 Å². The van der Waals surface area contributed by atoms with Gasteiger partial charge in [0.05, 0.1) is 21.7 Å². The van der Waals surface area contributed by atoms with E-state index in [9.17, 15) is 29.2 Å². The molecule has 3 atom stereocenters. The predicted molar refractivity (Wildman–Crippen MR) is 218 cm³/mol. The molecule has 58 heavy (non-hydrogen) atoms. The lowest BCUT2D eigenvalue weighted by Gasteiger charge is -2.41. The number of hydrogen-bond donors (Lipinski definition) is 1. The Labute approximate surface area is 343 Å². The number of carbonyl (C=O) groups excluding carboxylic acids is 5. The molecule has 5 aliphatic rings. The third kappa shape index (κ3) is 7.87. The van der Waals surface area contributed by atoms with Crippen molar-refractivity contribution in [1.82, 2.24) is 20.0 Å². The van der Waals surface area contributed by atoms with Crippen molar-refractivity contribution < 1.29 is 28.7 Å². The zero-order valence-electron chi connectivity index (χ0n) is 32.9. The van der Waals surface area contributed by atoms with E-state index >= 15 is 0 Å². The molecule has 8 rings (SSSR count). The van der Waals surface area contributed by atoms with Crippen LogP contribution in [0.5, 0.6) is 5.75 Å². The van der Waals surface area contributed by atoms with Crippen LogP contribution in [0.15, 0.2) is 60.7 Å². The van der Waals surface area contributed by atoms with Crippen LogP contribution in [0.3, 0.4) is 0 Å². The van der Waals surface area contributed by atoms with Crippen molar-refractivity contribution >= 4 is 52.5 Å². The van der Waals surface area contributed by atoms with E-state index in [2.05, 4.69) is 52.1 Å². The number of anilines is 2. The summed E-state index contributed by atoms with van der Waals surface area (Å²) in [4.78, 5) is 74.3. The molecule has 13 nitrogen and oxygen atoms in total. The quantitative estimate of drug-likeness (QED) is 0.315. The number of likely N-dealkylation sites (tertiary alicyclic amines) is 1. The molecule has 4 fully saturated rings. The summed E-state index contributed by atoms with van der Waals surface area (Å²) in [5, 5.41) is 11.8. The predicted octanol–water partition coefficient (Wildman–Crippen LogP) is 4.83. The largest absolute Gasteiger partial charge is 0.490 e. The normalized spacial score (nSPS) is 24.4. The van der Waals surface area contributed by atoms with Gasteiger partial charge in [-0.2, -0.15) is 5.26 Å². The zero-order valence-corrected chi connectivity index (χ0v) is 33.6. The van der Waals surface area contributed by atoms with Gasteiger partial charge in [-0.3, -0.25) is 39.1 Å². The number of nitriles is 1. The molecule has 3 unspecified atom stereocenters. The van der Waals surface area contributed by atoms with E-state index in [0.29, 0.717) is 52.0 Å². The number of carbonyl (C=O) groups is 5. The first kappa shape index (κ1) is 39.4. The molecule has 0 radical (unpaired) electrons.